The standard InChI is InChI=1S/C43H49NO4/c1-2-3-12-31-46-41-29-25-39(26-30-41)37-19-21-40(22-20-37)43(45)48-33-14-11-9-7-5-4-6-8-10-13-32-47-42-27-23-38(24-28-42)36-17-15-35(34-44)16-18-36/h2,15-30H,1,3-14,31-33H2. The molecule has 48 heavy (non-hydrogen) atoms. The third-order valence-corrected chi connectivity index (χ3v) is 8.37. The average molecular weight is 644 g/mol. The molecule has 5 heteroatoms. The van der Waals surface area contributed by atoms with Crippen molar-refractivity contribution in [2.24, 2.45) is 0 Å². The number of ether oxygens (including phenoxy) is 3. The molecule has 4 aromatic carbocycles. The van der Waals surface area contributed by atoms with E-state index in [1.807, 2.05) is 91.0 Å². The maximum atomic E-state index is 12.5. The van der Waals surface area contributed by atoms with Gasteiger partial charge >= 0.3 is 5.97 Å². The lowest BCUT2D eigenvalue weighted by Gasteiger charge is -2.08. The summed E-state index contributed by atoms with van der Waals surface area (Å²) in [6.45, 7) is 5.63. The Morgan fingerprint density at radius 3 is 1.40 bits per heavy atom. The number of unbranched alkanes of at least 4 members (excludes halogenated alkanes) is 10. The first-order valence-electron chi connectivity index (χ1n) is 17.5. The quantitative estimate of drug-likeness (QED) is 0.0484. The first-order chi connectivity index (χ1) is 23.7. The molecular weight excluding hydrogens is 594 g/mol. The van der Waals surface area contributed by atoms with Gasteiger partial charge in [-0.2, -0.15) is 5.26 Å². The fourth-order valence-corrected chi connectivity index (χ4v) is 5.50. The van der Waals surface area contributed by atoms with E-state index in [1.165, 1.54) is 44.9 Å². The first kappa shape index (κ1) is 36.0. The van der Waals surface area contributed by atoms with Gasteiger partial charge in [0, 0.05) is 0 Å². The molecule has 0 heterocycles. The van der Waals surface area contributed by atoms with E-state index in [0.29, 0.717) is 24.3 Å². The Morgan fingerprint density at radius 2 is 0.938 bits per heavy atom. The fourth-order valence-electron chi connectivity index (χ4n) is 5.50. The number of carbonyl (C=O) groups excluding carboxylic acids is 1. The van der Waals surface area contributed by atoms with Gasteiger partial charge in [-0.25, -0.2) is 4.79 Å². The van der Waals surface area contributed by atoms with Crippen LogP contribution < -0.4 is 9.47 Å². The number of rotatable bonds is 22. The zero-order valence-corrected chi connectivity index (χ0v) is 28.2. The highest BCUT2D eigenvalue weighted by molar-refractivity contribution is 5.90. The molecule has 0 aromatic heterocycles. The number of esters is 1. The van der Waals surface area contributed by atoms with Crippen molar-refractivity contribution in [2.45, 2.75) is 77.0 Å². The van der Waals surface area contributed by atoms with Crippen molar-refractivity contribution in [1.82, 2.24) is 0 Å². The smallest absolute Gasteiger partial charge is 0.338 e. The number of carbonyl (C=O) groups is 1. The van der Waals surface area contributed by atoms with Gasteiger partial charge in [-0.3, -0.25) is 0 Å². The maximum Gasteiger partial charge on any atom is 0.338 e. The molecule has 4 rings (SSSR count). The largest absolute Gasteiger partial charge is 0.494 e. The Bertz CT molecular complexity index is 1540. The second-order valence-electron chi connectivity index (χ2n) is 12.1. The highest BCUT2D eigenvalue weighted by Gasteiger charge is 2.08. The molecule has 0 unspecified atom stereocenters. The van der Waals surface area contributed by atoms with Crippen LogP contribution in [0.5, 0.6) is 11.5 Å². The lowest BCUT2D eigenvalue weighted by Crippen LogP contribution is -2.06. The van der Waals surface area contributed by atoms with Gasteiger partial charge in [0.1, 0.15) is 11.5 Å². The summed E-state index contributed by atoms with van der Waals surface area (Å²) >= 11 is 0. The minimum absolute atomic E-state index is 0.257. The van der Waals surface area contributed by atoms with E-state index in [1.54, 1.807) is 0 Å². The van der Waals surface area contributed by atoms with Crippen LogP contribution in [-0.2, 0) is 4.74 Å². The molecule has 0 aliphatic carbocycles. The molecule has 0 fully saturated rings. The van der Waals surface area contributed by atoms with E-state index in [0.717, 1.165) is 72.5 Å². The van der Waals surface area contributed by atoms with Crippen LogP contribution in [0.1, 0.15) is 93.0 Å². The van der Waals surface area contributed by atoms with Crippen LogP contribution in [0.15, 0.2) is 110 Å². The molecule has 0 aliphatic heterocycles. The molecule has 0 spiro atoms. The summed E-state index contributed by atoms with van der Waals surface area (Å²) in [5, 5.41) is 8.96. The molecule has 0 N–H and O–H groups in total. The molecule has 0 aliphatic rings. The zero-order chi connectivity index (χ0) is 33.7. The van der Waals surface area contributed by atoms with E-state index < -0.39 is 0 Å². The molecule has 0 bridgehead atoms. The van der Waals surface area contributed by atoms with Crippen molar-refractivity contribution < 1.29 is 19.0 Å². The summed E-state index contributed by atoms with van der Waals surface area (Å²) < 4.78 is 17.2. The third kappa shape index (κ3) is 12.8. The van der Waals surface area contributed by atoms with Crippen molar-refractivity contribution in [2.75, 3.05) is 19.8 Å². The summed E-state index contributed by atoms with van der Waals surface area (Å²) in [6.07, 6.45) is 15.6. The van der Waals surface area contributed by atoms with Crippen molar-refractivity contribution >= 4 is 5.97 Å². The van der Waals surface area contributed by atoms with Crippen molar-refractivity contribution in [1.29, 1.82) is 5.26 Å². The Morgan fingerprint density at radius 1 is 0.542 bits per heavy atom. The molecule has 4 aromatic rings. The normalized spacial score (nSPS) is 10.6. The summed E-state index contributed by atoms with van der Waals surface area (Å²) in [6, 6.07) is 33.6. The Labute approximate surface area is 287 Å². The number of hydrogen-bond donors (Lipinski definition) is 0. The minimum Gasteiger partial charge on any atom is -0.494 e. The molecular formula is C43H49NO4. The van der Waals surface area contributed by atoms with Gasteiger partial charge in [0.2, 0.25) is 0 Å². The van der Waals surface area contributed by atoms with E-state index in [9.17, 15) is 4.79 Å². The van der Waals surface area contributed by atoms with Crippen molar-refractivity contribution in [3.8, 4) is 39.8 Å². The van der Waals surface area contributed by atoms with Crippen LogP contribution >= 0.6 is 0 Å². The molecule has 0 radical (unpaired) electrons. The van der Waals surface area contributed by atoms with Gasteiger partial charge in [-0.1, -0.05) is 106 Å². The predicted octanol–water partition coefficient (Wildman–Crippen LogP) is 11.4. The Hall–Kier alpha value is -4.82. The van der Waals surface area contributed by atoms with Crippen molar-refractivity contribution in [3.05, 3.63) is 121 Å². The van der Waals surface area contributed by atoms with Gasteiger partial charge in [-0.15, -0.1) is 6.58 Å². The molecule has 0 amide bonds. The number of nitrogens with zero attached hydrogens (tertiary/aromatic N) is 1. The van der Waals surface area contributed by atoms with E-state index in [2.05, 4.69) is 24.8 Å². The van der Waals surface area contributed by atoms with E-state index in [4.69, 9.17) is 19.5 Å². The third-order valence-electron chi connectivity index (χ3n) is 8.37. The summed E-state index contributed by atoms with van der Waals surface area (Å²) in [5.74, 6) is 1.50. The minimum atomic E-state index is -0.257. The SMILES string of the molecule is C=CCCCOc1ccc(-c2ccc(C(=O)OCCCCCCCCCCCCOc3ccc(-c4ccc(C#N)cc4)cc3)cc2)cc1. The first-order valence-corrected chi connectivity index (χ1v) is 17.5. The second kappa shape index (κ2) is 21.1. The van der Waals surface area contributed by atoms with Crippen LogP contribution in [0.3, 0.4) is 0 Å². The van der Waals surface area contributed by atoms with Crippen LogP contribution in [0.4, 0.5) is 0 Å². The van der Waals surface area contributed by atoms with Gasteiger partial charge in [-0.05, 0) is 96.5 Å². The molecule has 0 saturated carbocycles. The maximum absolute atomic E-state index is 12.5. The van der Waals surface area contributed by atoms with Crippen LogP contribution in [0, 0.1) is 11.3 Å². The van der Waals surface area contributed by atoms with Crippen LogP contribution in [-0.4, -0.2) is 25.8 Å². The van der Waals surface area contributed by atoms with Gasteiger partial charge < -0.3 is 14.2 Å². The highest BCUT2D eigenvalue weighted by atomic mass is 16.5. The topological polar surface area (TPSA) is 68.6 Å². The Balaban J connectivity index is 0.961. The number of allylic oxidation sites excluding steroid dienone is 1. The molecule has 250 valence electrons. The summed E-state index contributed by atoms with van der Waals surface area (Å²) in [7, 11) is 0. The van der Waals surface area contributed by atoms with E-state index >= 15 is 0 Å². The van der Waals surface area contributed by atoms with Gasteiger partial charge in [0.25, 0.3) is 0 Å². The average Bonchev–Trinajstić information content (AvgIpc) is 3.14. The van der Waals surface area contributed by atoms with Gasteiger partial charge in [0.05, 0.1) is 37.0 Å². The van der Waals surface area contributed by atoms with E-state index in [-0.39, 0.29) is 5.97 Å². The number of benzene rings is 4. The lowest BCUT2D eigenvalue weighted by atomic mass is 10.0. The molecule has 0 saturated heterocycles. The summed E-state index contributed by atoms with van der Waals surface area (Å²) in [4.78, 5) is 12.5. The number of nitriles is 1. The lowest BCUT2D eigenvalue weighted by molar-refractivity contribution is 0.0497. The summed E-state index contributed by atoms with van der Waals surface area (Å²) in [5.41, 5.74) is 5.61. The monoisotopic (exact) mass is 643 g/mol. The molecule has 5 nitrogen and oxygen atoms in total. The fraction of sp³-hybridized carbons (Fsp3) is 0.349. The molecule has 0 atom stereocenters. The van der Waals surface area contributed by atoms with Crippen molar-refractivity contribution in [3.63, 3.8) is 0 Å². The zero-order valence-electron chi connectivity index (χ0n) is 28.2. The van der Waals surface area contributed by atoms with Gasteiger partial charge in [0.15, 0.2) is 0 Å². The highest BCUT2D eigenvalue weighted by Crippen LogP contribution is 2.25. The van der Waals surface area contributed by atoms with Crippen LogP contribution in [0.2, 0.25) is 0 Å². The number of hydrogen-bond acceptors (Lipinski definition) is 5. The Kier molecular flexibility index (Phi) is 15.9. The predicted molar refractivity (Wildman–Crippen MR) is 195 cm³/mol. The van der Waals surface area contributed by atoms with Crippen LogP contribution in [0.25, 0.3) is 22.3 Å². The second-order valence-corrected chi connectivity index (χ2v) is 12.1.